The number of nitrogens with zero attached hydrogens (tertiary/aromatic N) is 3. The molecular formula is C22H20N4O2S. The van der Waals surface area contributed by atoms with Crippen molar-refractivity contribution in [2.45, 2.75) is 26.2 Å². The first-order valence-corrected chi connectivity index (χ1v) is 10.2. The normalized spacial score (nSPS) is 15.3. The third kappa shape index (κ3) is 3.95. The minimum atomic E-state index is -0.456. The van der Waals surface area contributed by atoms with E-state index >= 15 is 0 Å². The van der Waals surface area contributed by atoms with Crippen molar-refractivity contribution in [3.8, 4) is 0 Å². The molecule has 2 N–H and O–H groups in total. The van der Waals surface area contributed by atoms with Crippen molar-refractivity contribution in [2.24, 2.45) is 0 Å². The number of aromatic nitrogens is 3. The third-order valence-electron chi connectivity index (χ3n) is 4.62. The molecule has 3 aromatic rings. The SMILES string of the molecule is CCCc1nn2c(N)c(C=C3C=C(Cc4ccccc4)C=CC3=O)c(=O)nc2s1. The number of hydrogen-bond acceptors (Lipinski definition) is 6. The van der Waals surface area contributed by atoms with Gasteiger partial charge in [-0.05, 0) is 42.2 Å². The summed E-state index contributed by atoms with van der Waals surface area (Å²) < 4.78 is 1.49. The molecule has 0 atom stereocenters. The first-order valence-electron chi connectivity index (χ1n) is 9.42. The quantitative estimate of drug-likeness (QED) is 0.659. The van der Waals surface area contributed by atoms with E-state index in [0.29, 0.717) is 17.0 Å². The Labute approximate surface area is 171 Å². The molecule has 0 amide bonds. The van der Waals surface area contributed by atoms with Gasteiger partial charge in [0.1, 0.15) is 10.8 Å². The molecule has 0 aliphatic heterocycles. The van der Waals surface area contributed by atoms with Crippen molar-refractivity contribution in [1.29, 1.82) is 0 Å². The number of anilines is 1. The van der Waals surface area contributed by atoms with Gasteiger partial charge >= 0.3 is 0 Å². The molecular weight excluding hydrogens is 384 g/mol. The highest BCUT2D eigenvalue weighted by Gasteiger charge is 2.16. The lowest BCUT2D eigenvalue weighted by molar-refractivity contribution is -0.111. The van der Waals surface area contributed by atoms with Gasteiger partial charge in [0.2, 0.25) is 4.96 Å². The molecule has 2 heterocycles. The fraction of sp³-hybridized carbons (Fsp3) is 0.182. The number of benzene rings is 1. The fourth-order valence-electron chi connectivity index (χ4n) is 3.18. The summed E-state index contributed by atoms with van der Waals surface area (Å²) in [5.74, 6) is 0.0297. The highest BCUT2D eigenvalue weighted by molar-refractivity contribution is 7.16. The molecule has 1 aliphatic carbocycles. The van der Waals surface area contributed by atoms with Crippen LogP contribution < -0.4 is 11.3 Å². The second-order valence-electron chi connectivity index (χ2n) is 6.83. The first-order chi connectivity index (χ1) is 14.0. The summed E-state index contributed by atoms with van der Waals surface area (Å²) >= 11 is 1.36. The van der Waals surface area contributed by atoms with Crippen LogP contribution >= 0.6 is 11.3 Å². The van der Waals surface area contributed by atoms with Crippen LogP contribution in [-0.4, -0.2) is 20.4 Å². The predicted molar refractivity (Wildman–Crippen MR) is 116 cm³/mol. The Hall–Kier alpha value is -3.32. The monoisotopic (exact) mass is 404 g/mol. The van der Waals surface area contributed by atoms with Gasteiger partial charge in [0.25, 0.3) is 5.56 Å². The molecule has 6 nitrogen and oxygen atoms in total. The van der Waals surface area contributed by atoms with Gasteiger partial charge in [-0.25, -0.2) is 0 Å². The number of rotatable bonds is 5. The lowest BCUT2D eigenvalue weighted by Crippen LogP contribution is -2.17. The summed E-state index contributed by atoms with van der Waals surface area (Å²) in [5, 5.41) is 5.32. The molecule has 1 aromatic carbocycles. The Morgan fingerprint density at radius 3 is 2.72 bits per heavy atom. The highest BCUT2D eigenvalue weighted by Crippen LogP contribution is 2.22. The molecule has 1 aliphatic rings. The van der Waals surface area contributed by atoms with Crippen molar-refractivity contribution in [2.75, 3.05) is 5.73 Å². The number of nitrogen functional groups attached to an aromatic ring is 1. The summed E-state index contributed by atoms with van der Waals surface area (Å²) in [5.41, 5.74) is 8.49. The van der Waals surface area contributed by atoms with E-state index in [4.69, 9.17) is 5.73 Å². The van der Waals surface area contributed by atoms with Crippen LogP contribution in [0.4, 0.5) is 5.82 Å². The Morgan fingerprint density at radius 1 is 1.17 bits per heavy atom. The molecule has 0 saturated carbocycles. The Kier molecular flexibility index (Phi) is 5.22. The summed E-state index contributed by atoms with van der Waals surface area (Å²) in [6, 6.07) is 9.99. The maximum atomic E-state index is 12.6. The molecule has 2 aromatic heterocycles. The zero-order valence-corrected chi connectivity index (χ0v) is 16.8. The largest absolute Gasteiger partial charge is 0.383 e. The predicted octanol–water partition coefficient (Wildman–Crippen LogP) is 3.38. The molecule has 0 fully saturated rings. The maximum absolute atomic E-state index is 12.6. The van der Waals surface area contributed by atoms with E-state index in [2.05, 4.69) is 17.0 Å². The van der Waals surface area contributed by atoms with Crippen LogP contribution in [0.3, 0.4) is 0 Å². The number of hydrogen-bond donors (Lipinski definition) is 1. The van der Waals surface area contributed by atoms with Gasteiger partial charge in [-0.1, -0.05) is 54.7 Å². The Morgan fingerprint density at radius 2 is 1.97 bits per heavy atom. The standard InChI is InChI=1S/C22H20N4O2S/c1-2-6-19-25-26-20(23)17(21(28)24-22(26)29-19)13-16-12-15(9-10-18(16)27)11-14-7-4-3-5-8-14/h3-5,7-10,12-13H,2,6,11,23H2,1H3. The molecule has 146 valence electrons. The Balaban J connectivity index is 1.74. The maximum Gasteiger partial charge on any atom is 0.283 e. The van der Waals surface area contributed by atoms with Crippen molar-refractivity contribution >= 4 is 34.0 Å². The van der Waals surface area contributed by atoms with E-state index in [1.807, 2.05) is 36.4 Å². The number of carbonyl (C=O) groups is 1. The summed E-state index contributed by atoms with van der Waals surface area (Å²) in [4.78, 5) is 29.5. The van der Waals surface area contributed by atoms with E-state index in [1.165, 1.54) is 28.0 Å². The number of fused-ring (bicyclic) bond motifs is 1. The average Bonchev–Trinajstić information content (AvgIpc) is 3.11. The van der Waals surface area contributed by atoms with Gasteiger partial charge in [-0.3, -0.25) is 9.59 Å². The number of carbonyl (C=O) groups excluding carboxylic acids is 1. The summed E-state index contributed by atoms with van der Waals surface area (Å²) in [6.07, 6.45) is 9.08. The second-order valence-corrected chi connectivity index (χ2v) is 7.88. The van der Waals surface area contributed by atoms with E-state index in [9.17, 15) is 9.59 Å². The molecule has 0 spiro atoms. The van der Waals surface area contributed by atoms with Crippen molar-refractivity contribution < 1.29 is 4.79 Å². The lowest BCUT2D eigenvalue weighted by Gasteiger charge is -2.10. The van der Waals surface area contributed by atoms with Gasteiger partial charge in [0, 0.05) is 12.0 Å². The van der Waals surface area contributed by atoms with Crippen molar-refractivity contribution in [3.05, 3.63) is 86.2 Å². The minimum absolute atomic E-state index is 0.171. The summed E-state index contributed by atoms with van der Waals surface area (Å²) in [7, 11) is 0. The van der Waals surface area contributed by atoms with E-state index in [1.54, 1.807) is 6.08 Å². The number of aryl methyl sites for hydroxylation is 1. The van der Waals surface area contributed by atoms with Crippen LogP contribution in [0.1, 0.15) is 29.5 Å². The smallest absolute Gasteiger partial charge is 0.283 e. The molecule has 4 rings (SSSR count). The van der Waals surface area contributed by atoms with Crippen LogP contribution in [0, 0.1) is 0 Å². The molecule has 0 bridgehead atoms. The number of nitrogens with two attached hydrogens (primary N) is 1. The van der Waals surface area contributed by atoms with Gasteiger partial charge in [-0.2, -0.15) is 14.6 Å². The molecule has 0 saturated heterocycles. The second kappa shape index (κ2) is 7.97. The highest BCUT2D eigenvalue weighted by atomic mass is 32.1. The van der Waals surface area contributed by atoms with Crippen LogP contribution in [-0.2, 0) is 17.6 Å². The van der Waals surface area contributed by atoms with Gasteiger partial charge in [0.05, 0.1) is 5.56 Å². The van der Waals surface area contributed by atoms with Crippen molar-refractivity contribution in [1.82, 2.24) is 14.6 Å². The van der Waals surface area contributed by atoms with Gasteiger partial charge in [-0.15, -0.1) is 0 Å². The minimum Gasteiger partial charge on any atom is -0.383 e. The average molecular weight is 404 g/mol. The van der Waals surface area contributed by atoms with E-state index in [0.717, 1.165) is 29.0 Å². The zero-order valence-electron chi connectivity index (χ0n) is 16.0. The van der Waals surface area contributed by atoms with Crippen LogP contribution in [0.15, 0.2) is 64.5 Å². The number of ketones is 1. The molecule has 0 unspecified atom stereocenters. The van der Waals surface area contributed by atoms with Gasteiger partial charge < -0.3 is 5.73 Å². The van der Waals surface area contributed by atoms with Crippen molar-refractivity contribution in [3.63, 3.8) is 0 Å². The fourth-order valence-corrected chi connectivity index (χ4v) is 4.17. The lowest BCUT2D eigenvalue weighted by atomic mass is 9.95. The van der Waals surface area contributed by atoms with Crippen LogP contribution in [0.25, 0.3) is 11.0 Å². The first kappa shape index (κ1) is 19.0. The number of allylic oxidation sites excluding steroid dienone is 5. The van der Waals surface area contributed by atoms with Gasteiger partial charge in [0.15, 0.2) is 5.78 Å². The van der Waals surface area contributed by atoms with Crippen LogP contribution in [0.5, 0.6) is 0 Å². The topological polar surface area (TPSA) is 90.4 Å². The summed E-state index contributed by atoms with van der Waals surface area (Å²) in [6.45, 7) is 2.06. The molecule has 0 radical (unpaired) electrons. The third-order valence-corrected chi connectivity index (χ3v) is 5.59. The molecule has 29 heavy (non-hydrogen) atoms. The zero-order chi connectivity index (χ0) is 20.4. The van der Waals surface area contributed by atoms with Crippen LogP contribution in [0.2, 0.25) is 0 Å². The van der Waals surface area contributed by atoms with E-state index in [-0.39, 0.29) is 17.2 Å². The molecule has 7 heteroatoms. The van der Waals surface area contributed by atoms with E-state index < -0.39 is 5.56 Å². The Bertz CT molecular complexity index is 1230.